The van der Waals surface area contributed by atoms with Gasteiger partial charge >= 0.3 is 0 Å². The summed E-state index contributed by atoms with van der Waals surface area (Å²) >= 11 is 0. The van der Waals surface area contributed by atoms with Crippen molar-refractivity contribution in [2.45, 2.75) is 30.6 Å². The lowest BCUT2D eigenvalue weighted by Crippen LogP contribution is -2.35. The van der Waals surface area contributed by atoms with Crippen molar-refractivity contribution in [1.82, 2.24) is 0 Å². The number of sulfonamides is 1. The molecule has 1 aliphatic heterocycles. The van der Waals surface area contributed by atoms with Gasteiger partial charge in [-0.05, 0) is 60.7 Å². The molecule has 0 bridgehead atoms. The number of methoxy groups -OCH3 is 2. The molecular weight excluding hydrogens is 452 g/mol. The molecule has 1 aliphatic rings. The second kappa shape index (κ2) is 10.2. The lowest BCUT2D eigenvalue weighted by molar-refractivity contribution is -0.116. The summed E-state index contributed by atoms with van der Waals surface area (Å²) < 4.78 is 38.5. The molecule has 3 aromatic carbocycles. The molecule has 1 N–H and O–H groups in total. The number of para-hydroxylation sites is 1. The fraction of sp³-hybridized carbons (Fsp3) is 0.269. The van der Waals surface area contributed by atoms with Gasteiger partial charge in [-0.15, -0.1) is 0 Å². The number of nitrogens with zero attached hydrogens (tertiary/aromatic N) is 1. The van der Waals surface area contributed by atoms with Gasteiger partial charge in [0.2, 0.25) is 5.91 Å². The number of amides is 1. The highest BCUT2D eigenvalue weighted by Gasteiger charge is 2.28. The molecule has 1 amide bonds. The molecule has 34 heavy (non-hydrogen) atoms. The van der Waals surface area contributed by atoms with Gasteiger partial charge in [-0.25, -0.2) is 8.42 Å². The number of rotatable bonds is 8. The van der Waals surface area contributed by atoms with Gasteiger partial charge in [0.15, 0.2) is 0 Å². The lowest BCUT2D eigenvalue weighted by Gasteiger charge is -2.30. The molecule has 3 aromatic rings. The van der Waals surface area contributed by atoms with Crippen LogP contribution in [0.5, 0.6) is 11.5 Å². The predicted octanol–water partition coefficient (Wildman–Crippen LogP) is 4.42. The van der Waals surface area contributed by atoms with Crippen molar-refractivity contribution in [1.29, 1.82) is 0 Å². The smallest absolute Gasteiger partial charge is 0.264 e. The zero-order valence-corrected chi connectivity index (χ0v) is 20.1. The van der Waals surface area contributed by atoms with Crippen LogP contribution in [0.2, 0.25) is 0 Å². The normalized spacial score (nSPS) is 13.2. The van der Waals surface area contributed by atoms with Crippen molar-refractivity contribution in [3.63, 3.8) is 0 Å². The monoisotopic (exact) mass is 480 g/mol. The van der Waals surface area contributed by atoms with E-state index in [0.717, 1.165) is 29.7 Å². The van der Waals surface area contributed by atoms with Gasteiger partial charge < -0.3 is 14.8 Å². The van der Waals surface area contributed by atoms with Crippen LogP contribution in [-0.2, 0) is 27.7 Å². The van der Waals surface area contributed by atoms with Crippen molar-refractivity contribution < 1.29 is 22.7 Å². The molecule has 0 spiro atoms. The summed E-state index contributed by atoms with van der Waals surface area (Å²) in [6, 6.07) is 19.6. The van der Waals surface area contributed by atoms with Crippen molar-refractivity contribution in [2.24, 2.45) is 0 Å². The first-order valence-electron chi connectivity index (χ1n) is 11.1. The summed E-state index contributed by atoms with van der Waals surface area (Å²) in [7, 11) is -0.553. The van der Waals surface area contributed by atoms with Crippen molar-refractivity contribution in [3.8, 4) is 11.5 Å². The Balaban J connectivity index is 1.40. The summed E-state index contributed by atoms with van der Waals surface area (Å²) in [5, 5.41) is 2.85. The average molecular weight is 481 g/mol. The second-order valence-electron chi connectivity index (χ2n) is 8.07. The summed E-state index contributed by atoms with van der Waals surface area (Å²) in [5.41, 5.74) is 3.25. The molecule has 4 rings (SSSR count). The van der Waals surface area contributed by atoms with Crippen molar-refractivity contribution in [3.05, 3.63) is 77.9 Å². The van der Waals surface area contributed by atoms with Gasteiger partial charge in [-0.2, -0.15) is 0 Å². The third kappa shape index (κ3) is 5.02. The third-order valence-electron chi connectivity index (χ3n) is 5.90. The van der Waals surface area contributed by atoms with Crippen LogP contribution in [0.25, 0.3) is 0 Å². The van der Waals surface area contributed by atoms with E-state index in [1.54, 1.807) is 49.6 Å². The van der Waals surface area contributed by atoms with E-state index < -0.39 is 10.0 Å². The summed E-state index contributed by atoms with van der Waals surface area (Å²) in [6.07, 6.45) is 2.41. The molecule has 0 saturated carbocycles. The minimum absolute atomic E-state index is 0.162. The number of carbonyl (C=O) groups excluding carboxylic acids is 1. The molecule has 178 valence electrons. The maximum absolute atomic E-state index is 13.3. The second-order valence-corrected chi connectivity index (χ2v) is 9.93. The first kappa shape index (κ1) is 23.6. The Labute approximate surface area is 200 Å². The molecule has 8 heteroatoms. The molecule has 0 radical (unpaired) electrons. The van der Waals surface area contributed by atoms with E-state index in [1.807, 2.05) is 24.3 Å². The topological polar surface area (TPSA) is 84.9 Å². The fourth-order valence-electron chi connectivity index (χ4n) is 4.08. The zero-order chi connectivity index (χ0) is 24.1. The van der Waals surface area contributed by atoms with E-state index in [9.17, 15) is 13.2 Å². The van der Waals surface area contributed by atoms with E-state index in [-0.39, 0.29) is 17.2 Å². The van der Waals surface area contributed by atoms with E-state index in [1.165, 1.54) is 11.4 Å². The zero-order valence-electron chi connectivity index (χ0n) is 19.3. The van der Waals surface area contributed by atoms with Crippen LogP contribution in [0.1, 0.15) is 24.0 Å². The Hall–Kier alpha value is -3.52. The molecule has 0 aliphatic carbocycles. The first-order valence-corrected chi connectivity index (χ1v) is 12.6. The number of anilines is 2. The highest BCUT2D eigenvalue weighted by atomic mass is 32.2. The fourth-order valence-corrected chi connectivity index (χ4v) is 5.62. The quantitative estimate of drug-likeness (QED) is 0.516. The number of hydrogen-bond donors (Lipinski definition) is 1. The standard InChI is InChI=1S/C26H28N2O5S/c1-32-21-12-15-23(25(18-21)33-2)27-26(29)16-11-19-9-13-22(14-10-19)34(30,31)28-17-5-7-20-6-3-4-8-24(20)28/h3-4,6,8-10,12-15,18H,5,7,11,16-17H2,1-2H3,(H,27,29). The number of fused-ring (bicyclic) bond motifs is 1. The van der Waals surface area contributed by atoms with E-state index in [2.05, 4.69) is 5.32 Å². The van der Waals surface area contributed by atoms with E-state index in [4.69, 9.17) is 9.47 Å². The minimum Gasteiger partial charge on any atom is -0.497 e. The van der Waals surface area contributed by atoms with E-state index >= 15 is 0 Å². The van der Waals surface area contributed by atoms with Gasteiger partial charge in [0.1, 0.15) is 11.5 Å². The third-order valence-corrected chi connectivity index (χ3v) is 7.73. The van der Waals surface area contributed by atoms with Crippen LogP contribution >= 0.6 is 0 Å². The van der Waals surface area contributed by atoms with Gasteiger partial charge in [0.05, 0.1) is 30.5 Å². The molecule has 7 nitrogen and oxygen atoms in total. The number of carbonyl (C=O) groups is 1. The average Bonchev–Trinajstić information content (AvgIpc) is 2.87. The molecule has 0 fully saturated rings. The highest BCUT2D eigenvalue weighted by molar-refractivity contribution is 7.92. The Bertz CT molecular complexity index is 1270. The number of aryl methyl sites for hydroxylation is 2. The molecule has 0 unspecified atom stereocenters. The first-order chi connectivity index (χ1) is 16.4. The number of ether oxygens (including phenoxy) is 2. The lowest BCUT2D eigenvalue weighted by atomic mass is 10.0. The Morgan fingerprint density at radius 2 is 1.76 bits per heavy atom. The molecule has 0 atom stereocenters. The number of hydrogen-bond acceptors (Lipinski definition) is 5. The Kier molecular flexibility index (Phi) is 7.07. The summed E-state index contributed by atoms with van der Waals surface area (Å²) in [4.78, 5) is 12.7. The Morgan fingerprint density at radius 1 is 1.00 bits per heavy atom. The Morgan fingerprint density at radius 3 is 2.50 bits per heavy atom. The van der Waals surface area contributed by atoms with Gasteiger partial charge in [-0.1, -0.05) is 30.3 Å². The molecule has 0 saturated heterocycles. The van der Waals surface area contributed by atoms with Crippen molar-refractivity contribution >= 4 is 27.3 Å². The van der Waals surface area contributed by atoms with E-state index in [0.29, 0.717) is 30.2 Å². The number of nitrogens with one attached hydrogen (secondary N) is 1. The van der Waals surface area contributed by atoms with Gasteiger partial charge in [0.25, 0.3) is 10.0 Å². The SMILES string of the molecule is COc1ccc(NC(=O)CCc2ccc(S(=O)(=O)N3CCCc4ccccc43)cc2)c(OC)c1. The van der Waals surface area contributed by atoms with Crippen molar-refractivity contribution in [2.75, 3.05) is 30.4 Å². The number of benzene rings is 3. The van der Waals surface area contributed by atoms with Gasteiger partial charge in [0, 0.05) is 19.0 Å². The molecule has 0 aromatic heterocycles. The van der Waals surface area contributed by atoms with Crippen LogP contribution in [0, 0.1) is 0 Å². The predicted molar refractivity (Wildman–Crippen MR) is 132 cm³/mol. The van der Waals surface area contributed by atoms with Gasteiger partial charge in [-0.3, -0.25) is 9.10 Å². The van der Waals surface area contributed by atoms with Crippen LogP contribution in [0.4, 0.5) is 11.4 Å². The maximum atomic E-state index is 13.3. The van der Waals surface area contributed by atoms with Crippen LogP contribution in [-0.4, -0.2) is 35.1 Å². The highest BCUT2D eigenvalue weighted by Crippen LogP contribution is 2.32. The summed E-state index contributed by atoms with van der Waals surface area (Å²) in [5.74, 6) is 0.990. The largest absolute Gasteiger partial charge is 0.497 e. The maximum Gasteiger partial charge on any atom is 0.264 e. The molecular formula is C26H28N2O5S. The minimum atomic E-state index is -3.65. The van der Waals surface area contributed by atoms with Crippen LogP contribution in [0.15, 0.2) is 71.6 Å². The molecule has 1 heterocycles. The van der Waals surface area contributed by atoms with Crippen LogP contribution < -0.4 is 19.1 Å². The summed E-state index contributed by atoms with van der Waals surface area (Å²) in [6.45, 7) is 0.468. The van der Waals surface area contributed by atoms with Crippen LogP contribution in [0.3, 0.4) is 0 Å².